The monoisotopic (exact) mass is 259 g/mol. The van der Waals surface area contributed by atoms with E-state index in [1.54, 1.807) is 12.1 Å². The van der Waals surface area contributed by atoms with Crippen LogP contribution in [-0.2, 0) is 11.2 Å². The zero-order valence-corrected chi connectivity index (χ0v) is 10.6. The molecule has 0 saturated carbocycles. The number of carbonyl (C=O) groups is 2. The van der Waals surface area contributed by atoms with E-state index < -0.39 is 5.97 Å². The SMILES string of the molecule is O=C(Cc1ccc(C(=O)O)cc1)NC1CC=CCC1. The third-order valence-corrected chi connectivity index (χ3v) is 3.20. The summed E-state index contributed by atoms with van der Waals surface area (Å²) in [5.41, 5.74) is 1.07. The first-order valence-electron chi connectivity index (χ1n) is 6.42. The summed E-state index contributed by atoms with van der Waals surface area (Å²) in [4.78, 5) is 22.6. The van der Waals surface area contributed by atoms with Crippen LogP contribution in [-0.4, -0.2) is 23.0 Å². The van der Waals surface area contributed by atoms with Crippen molar-refractivity contribution < 1.29 is 14.7 Å². The lowest BCUT2D eigenvalue weighted by molar-refractivity contribution is -0.121. The lowest BCUT2D eigenvalue weighted by atomic mass is 10.0. The quantitative estimate of drug-likeness (QED) is 0.814. The van der Waals surface area contributed by atoms with E-state index in [0.717, 1.165) is 24.8 Å². The van der Waals surface area contributed by atoms with E-state index in [1.807, 2.05) is 0 Å². The lowest BCUT2D eigenvalue weighted by Gasteiger charge is -2.19. The molecule has 0 fully saturated rings. The Morgan fingerprint density at radius 1 is 1.21 bits per heavy atom. The van der Waals surface area contributed by atoms with Gasteiger partial charge in [0.2, 0.25) is 5.91 Å². The second-order valence-electron chi connectivity index (χ2n) is 4.73. The Kier molecular flexibility index (Phi) is 4.34. The van der Waals surface area contributed by atoms with Gasteiger partial charge < -0.3 is 10.4 Å². The summed E-state index contributed by atoms with van der Waals surface area (Å²) in [6.07, 6.45) is 7.41. The van der Waals surface area contributed by atoms with Gasteiger partial charge in [0.15, 0.2) is 0 Å². The van der Waals surface area contributed by atoms with Gasteiger partial charge in [0.05, 0.1) is 12.0 Å². The molecule has 0 radical (unpaired) electrons. The average Bonchev–Trinajstić information content (AvgIpc) is 2.40. The third kappa shape index (κ3) is 3.95. The second kappa shape index (κ2) is 6.18. The van der Waals surface area contributed by atoms with Gasteiger partial charge >= 0.3 is 5.97 Å². The molecule has 4 heteroatoms. The van der Waals surface area contributed by atoms with Gasteiger partial charge in [-0.3, -0.25) is 4.79 Å². The number of carboxylic acids is 1. The fourth-order valence-corrected chi connectivity index (χ4v) is 2.15. The molecule has 1 aromatic rings. The molecule has 1 aliphatic rings. The predicted molar refractivity (Wildman–Crippen MR) is 72.0 cm³/mol. The second-order valence-corrected chi connectivity index (χ2v) is 4.73. The molecule has 1 aliphatic carbocycles. The molecule has 1 atom stereocenters. The Labute approximate surface area is 112 Å². The predicted octanol–water partition coefficient (Wildman–Crippen LogP) is 2.15. The molecule has 0 heterocycles. The van der Waals surface area contributed by atoms with E-state index >= 15 is 0 Å². The van der Waals surface area contributed by atoms with Crippen LogP contribution < -0.4 is 5.32 Å². The van der Waals surface area contributed by atoms with Crippen LogP contribution in [0.25, 0.3) is 0 Å². The first kappa shape index (κ1) is 13.3. The molecule has 1 unspecified atom stereocenters. The van der Waals surface area contributed by atoms with E-state index in [2.05, 4.69) is 17.5 Å². The number of benzene rings is 1. The van der Waals surface area contributed by atoms with Crippen molar-refractivity contribution in [3.05, 3.63) is 47.5 Å². The maximum Gasteiger partial charge on any atom is 0.335 e. The van der Waals surface area contributed by atoms with Gasteiger partial charge in [-0.05, 0) is 37.0 Å². The minimum Gasteiger partial charge on any atom is -0.478 e. The molecule has 0 bridgehead atoms. The Balaban J connectivity index is 1.87. The van der Waals surface area contributed by atoms with Gasteiger partial charge in [0.1, 0.15) is 0 Å². The molecule has 0 aliphatic heterocycles. The summed E-state index contributed by atoms with van der Waals surface area (Å²) in [5.74, 6) is -0.964. The standard InChI is InChI=1S/C15H17NO3/c17-14(16-13-4-2-1-3-5-13)10-11-6-8-12(9-7-11)15(18)19/h1-2,6-9,13H,3-5,10H2,(H,16,17)(H,18,19). The molecule has 4 nitrogen and oxygen atoms in total. The molecule has 2 rings (SSSR count). The van der Waals surface area contributed by atoms with Crippen LogP contribution in [0.1, 0.15) is 35.2 Å². The molecule has 19 heavy (non-hydrogen) atoms. The fourth-order valence-electron chi connectivity index (χ4n) is 2.15. The third-order valence-electron chi connectivity index (χ3n) is 3.20. The van der Waals surface area contributed by atoms with E-state index in [9.17, 15) is 9.59 Å². The molecule has 0 aromatic heterocycles. The van der Waals surface area contributed by atoms with Crippen molar-refractivity contribution in [1.29, 1.82) is 0 Å². The molecule has 0 saturated heterocycles. The maximum atomic E-state index is 11.8. The molecule has 1 amide bonds. The fraction of sp³-hybridized carbons (Fsp3) is 0.333. The lowest BCUT2D eigenvalue weighted by Crippen LogP contribution is -2.36. The highest BCUT2D eigenvalue weighted by Gasteiger charge is 2.13. The Bertz CT molecular complexity index is 491. The minimum absolute atomic E-state index is 0.0108. The summed E-state index contributed by atoms with van der Waals surface area (Å²) in [6, 6.07) is 6.65. The molecule has 1 aromatic carbocycles. The summed E-state index contributed by atoms with van der Waals surface area (Å²) in [6.45, 7) is 0. The molecule has 0 spiro atoms. The smallest absolute Gasteiger partial charge is 0.335 e. The van der Waals surface area contributed by atoms with Crippen LogP contribution in [0.15, 0.2) is 36.4 Å². The van der Waals surface area contributed by atoms with Crippen molar-refractivity contribution in [3.63, 3.8) is 0 Å². The van der Waals surface area contributed by atoms with Crippen LogP contribution in [0.2, 0.25) is 0 Å². The molecular formula is C15H17NO3. The van der Waals surface area contributed by atoms with Crippen molar-refractivity contribution in [2.24, 2.45) is 0 Å². The number of aromatic carboxylic acids is 1. The highest BCUT2D eigenvalue weighted by molar-refractivity contribution is 5.87. The maximum absolute atomic E-state index is 11.8. The van der Waals surface area contributed by atoms with Crippen LogP contribution in [0.4, 0.5) is 0 Å². The van der Waals surface area contributed by atoms with Crippen molar-refractivity contribution in [3.8, 4) is 0 Å². The van der Waals surface area contributed by atoms with Crippen LogP contribution in [0, 0.1) is 0 Å². The number of rotatable bonds is 4. The van der Waals surface area contributed by atoms with Gasteiger partial charge in [-0.15, -0.1) is 0 Å². The molecular weight excluding hydrogens is 242 g/mol. The van der Waals surface area contributed by atoms with Crippen molar-refractivity contribution >= 4 is 11.9 Å². The minimum atomic E-state index is -0.954. The Hall–Kier alpha value is -2.10. The number of amides is 1. The van der Waals surface area contributed by atoms with Crippen molar-refractivity contribution in [2.45, 2.75) is 31.7 Å². The van der Waals surface area contributed by atoms with Crippen LogP contribution in [0.5, 0.6) is 0 Å². The summed E-state index contributed by atoms with van der Waals surface area (Å²) in [7, 11) is 0. The van der Waals surface area contributed by atoms with Gasteiger partial charge in [0, 0.05) is 6.04 Å². The van der Waals surface area contributed by atoms with Gasteiger partial charge in [0.25, 0.3) is 0 Å². The zero-order chi connectivity index (χ0) is 13.7. The van der Waals surface area contributed by atoms with Gasteiger partial charge in [-0.1, -0.05) is 24.3 Å². The summed E-state index contributed by atoms with van der Waals surface area (Å²) < 4.78 is 0. The van der Waals surface area contributed by atoms with E-state index in [-0.39, 0.29) is 17.5 Å². The Morgan fingerprint density at radius 3 is 2.53 bits per heavy atom. The first-order chi connectivity index (χ1) is 9.15. The number of hydrogen-bond acceptors (Lipinski definition) is 2. The number of nitrogens with one attached hydrogen (secondary N) is 1. The first-order valence-corrected chi connectivity index (χ1v) is 6.42. The number of carbonyl (C=O) groups excluding carboxylic acids is 1. The van der Waals surface area contributed by atoms with Crippen molar-refractivity contribution in [1.82, 2.24) is 5.32 Å². The molecule has 100 valence electrons. The van der Waals surface area contributed by atoms with Crippen LogP contribution >= 0.6 is 0 Å². The number of hydrogen-bond donors (Lipinski definition) is 2. The van der Waals surface area contributed by atoms with Gasteiger partial charge in [-0.2, -0.15) is 0 Å². The van der Waals surface area contributed by atoms with E-state index in [0.29, 0.717) is 6.42 Å². The van der Waals surface area contributed by atoms with Crippen LogP contribution in [0.3, 0.4) is 0 Å². The Morgan fingerprint density at radius 2 is 1.95 bits per heavy atom. The molecule has 2 N–H and O–H groups in total. The van der Waals surface area contributed by atoms with E-state index in [1.165, 1.54) is 12.1 Å². The number of allylic oxidation sites excluding steroid dienone is 1. The summed E-state index contributed by atoms with van der Waals surface area (Å²) >= 11 is 0. The normalized spacial score (nSPS) is 18.0. The zero-order valence-electron chi connectivity index (χ0n) is 10.6. The highest BCUT2D eigenvalue weighted by atomic mass is 16.4. The summed E-state index contributed by atoms with van der Waals surface area (Å²) in [5, 5.41) is 11.8. The van der Waals surface area contributed by atoms with Crippen molar-refractivity contribution in [2.75, 3.05) is 0 Å². The van der Waals surface area contributed by atoms with E-state index in [4.69, 9.17) is 5.11 Å². The number of carboxylic acid groups (broad SMARTS) is 1. The van der Waals surface area contributed by atoms with Gasteiger partial charge in [-0.25, -0.2) is 4.79 Å². The average molecular weight is 259 g/mol. The highest BCUT2D eigenvalue weighted by Crippen LogP contribution is 2.11. The topological polar surface area (TPSA) is 66.4 Å². The largest absolute Gasteiger partial charge is 0.478 e.